The number of urea groups is 1. The molecule has 3 atom stereocenters. The number of ether oxygens (including phenoxy) is 3. The van der Waals surface area contributed by atoms with Crippen molar-refractivity contribution >= 4 is 17.6 Å². The predicted molar refractivity (Wildman–Crippen MR) is 159 cm³/mol. The topological polar surface area (TPSA) is 113 Å². The Balaban J connectivity index is 1.59. The van der Waals surface area contributed by atoms with Gasteiger partial charge in [0.15, 0.2) is 0 Å². The molecule has 42 heavy (non-hydrogen) atoms. The van der Waals surface area contributed by atoms with Crippen LogP contribution in [-0.4, -0.2) is 84.9 Å². The molecule has 2 N–H and O–H groups in total. The van der Waals surface area contributed by atoms with Crippen LogP contribution in [-0.2, 0) is 0 Å². The van der Waals surface area contributed by atoms with Gasteiger partial charge in [-0.3, -0.25) is 4.79 Å². The number of benzene rings is 2. The minimum Gasteiger partial charge on any atom is -0.497 e. The predicted octanol–water partition coefficient (Wildman–Crippen LogP) is 3.88. The molecular formula is C32H36N4O6. The molecule has 0 radical (unpaired) electrons. The summed E-state index contributed by atoms with van der Waals surface area (Å²) < 4.78 is 16.7. The summed E-state index contributed by atoms with van der Waals surface area (Å²) in [6, 6.07) is 15.3. The van der Waals surface area contributed by atoms with E-state index in [0.29, 0.717) is 23.5 Å². The third-order valence-electron chi connectivity index (χ3n) is 7.08. The maximum absolute atomic E-state index is 13.7. The molecule has 1 aliphatic heterocycles. The molecule has 0 unspecified atom stereocenters. The number of likely N-dealkylation sites (N-methyl/N-ethyl adjacent to an activating group) is 1. The number of aromatic nitrogens is 1. The summed E-state index contributed by atoms with van der Waals surface area (Å²) in [6.45, 7) is 4.08. The number of rotatable bonds is 7. The molecule has 0 bridgehead atoms. The van der Waals surface area contributed by atoms with Gasteiger partial charge in [0, 0.05) is 48.6 Å². The van der Waals surface area contributed by atoms with E-state index in [0.717, 1.165) is 11.3 Å². The zero-order valence-corrected chi connectivity index (χ0v) is 24.5. The van der Waals surface area contributed by atoms with Crippen LogP contribution in [0.3, 0.4) is 0 Å². The van der Waals surface area contributed by atoms with E-state index < -0.39 is 12.1 Å². The number of amides is 3. The largest absolute Gasteiger partial charge is 0.497 e. The molecule has 0 aliphatic carbocycles. The molecule has 0 fully saturated rings. The Kier molecular flexibility index (Phi) is 9.89. The van der Waals surface area contributed by atoms with Crippen LogP contribution in [0.15, 0.2) is 60.8 Å². The van der Waals surface area contributed by atoms with Crippen LogP contribution in [0, 0.1) is 17.8 Å². The zero-order valence-electron chi connectivity index (χ0n) is 24.5. The summed E-state index contributed by atoms with van der Waals surface area (Å²) in [5, 5.41) is 12.8. The third kappa shape index (κ3) is 7.30. The van der Waals surface area contributed by atoms with Gasteiger partial charge < -0.3 is 34.4 Å². The van der Waals surface area contributed by atoms with E-state index in [1.165, 1.54) is 4.90 Å². The highest BCUT2D eigenvalue weighted by Crippen LogP contribution is 2.27. The standard InChI is InChI=1S/C32H36N4O6/c1-21-18-36(22(2)20-37)31(38)28-15-24(10-9-23-11-13-26(40-4)14-12-23)17-33-30(28)42-29(21)19-35(3)32(39)34-25-7-6-8-27(16-25)41-5/h6-8,11-17,21-22,29,37H,18-20H2,1-5H3,(H,34,39)/t21-,22+,29-/m1/s1. The van der Waals surface area contributed by atoms with Crippen LogP contribution in [0.1, 0.15) is 35.3 Å². The highest BCUT2D eigenvalue weighted by molar-refractivity contribution is 5.97. The molecule has 0 spiro atoms. The molecule has 3 aromatic rings. The normalized spacial score (nSPS) is 16.9. The van der Waals surface area contributed by atoms with Gasteiger partial charge in [0.2, 0.25) is 5.88 Å². The number of hydrogen-bond donors (Lipinski definition) is 2. The lowest BCUT2D eigenvalue weighted by molar-refractivity contribution is 0.0356. The maximum atomic E-state index is 13.7. The lowest BCUT2D eigenvalue weighted by Crippen LogP contribution is -2.50. The number of aliphatic hydroxyl groups is 1. The van der Waals surface area contributed by atoms with Crippen LogP contribution < -0.4 is 19.5 Å². The van der Waals surface area contributed by atoms with E-state index in [-0.39, 0.29) is 42.5 Å². The molecule has 10 heteroatoms. The van der Waals surface area contributed by atoms with Crippen LogP contribution in [0.25, 0.3) is 0 Å². The molecule has 2 aromatic carbocycles. The number of methoxy groups -OCH3 is 2. The van der Waals surface area contributed by atoms with Gasteiger partial charge in [0.05, 0.1) is 33.4 Å². The number of nitrogens with one attached hydrogen (secondary N) is 1. The number of anilines is 1. The van der Waals surface area contributed by atoms with Crippen molar-refractivity contribution in [3.63, 3.8) is 0 Å². The Bertz CT molecular complexity index is 1470. The molecule has 220 valence electrons. The number of fused-ring (bicyclic) bond motifs is 1. The van der Waals surface area contributed by atoms with Gasteiger partial charge in [-0.15, -0.1) is 0 Å². The van der Waals surface area contributed by atoms with Crippen molar-refractivity contribution in [1.29, 1.82) is 0 Å². The van der Waals surface area contributed by atoms with Crippen molar-refractivity contribution in [2.75, 3.05) is 46.3 Å². The number of carbonyl (C=O) groups excluding carboxylic acids is 2. The maximum Gasteiger partial charge on any atom is 0.321 e. The minimum absolute atomic E-state index is 0.156. The number of hydrogen-bond acceptors (Lipinski definition) is 7. The number of aliphatic hydroxyl groups excluding tert-OH is 1. The average molecular weight is 573 g/mol. The fourth-order valence-corrected chi connectivity index (χ4v) is 4.48. The lowest BCUT2D eigenvalue weighted by atomic mass is 10.00. The summed E-state index contributed by atoms with van der Waals surface area (Å²) in [6.07, 6.45) is 1.07. The van der Waals surface area contributed by atoms with E-state index in [2.05, 4.69) is 22.1 Å². The lowest BCUT2D eigenvalue weighted by Gasteiger charge is -2.37. The summed E-state index contributed by atoms with van der Waals surface area (Å²) >= 11 is 0. The zero-order chi connectivity index (χ0) is 30.2. The Morgan fingerprint density at radius 1 is 1.14 bits per heavy atom. The molecule has 1 aliphatic rings. The third-order valence-corrected chi connectivity index (χ3v) is 7.08. The molecule has 10 nitrogen and oxygen atoms in total. The van der Waals surface area contributed by atoms with Crippen LogP contribution >= 0.6 is 0 Å². The van der Waals surface area contributed by atoms with Crippen molar-refractivity contribution in [2.24, 2.45) is 5.92 Å². The molecule has 2 heterocycles. The van der Waals surface area contributed by atoms with Crippen molar-refractivity contribution < 1.29 is 28.9 Å². The fraction of sp³-hybridized carbons (Fsp3) is 0.344. The highest BCUT2D eigenvalue weighted by Gasteiger charge is 2.34. The van der Waals surface area contributed by atoms with Gasteiger partial charge in [0.25, 0.3) is 5.91 Å². The first-order valence-electron chi connectivity index (χ1n) is 13.6. The first kappa shape index (κ1) is 30.2. The second-order valence-corrected chi connectivity index (χ2v) is 10.2. The van der Waals surface area contributed by atoms with E-state index in [9.17, 15) is 14.7 Å². The van der Waals surface area contributed by atoms with Gasteiger partial charge in [-0.05, 0) is 49.4 Å². The molecule has 0 saturated carbocycles. The summed E-state index contributed by atoms with van der Waals surface area (Å²) in [5.41, 5.74) is 2.17. The van der Waals surface area contributed by atoms with Gasteiger partial charge in [-0.1, -0.05) is 24.8 Å². The number of nitrogens with zero attached hydrogens (tertiary/aromatic N) is 3. The van der Waals surface area contributed by atoms with Crippen LogP contribution in [0.2, 0.25) is 0 Å². The minimum atomic E-state index is -0.491. The van der Waals surface area contributed by atoms with Gasteiger partial charge in [0.1, 0.15) is 23.2 Å². The first-order chi connectivity index (χ1) is 20.2. The summed E-state index contributed by atoms with van der Waals surface area (Å²) in [7, 11) is 4.84. The Hall–Kier alpha value is -4.75. The summed E-state index contributed by atoms with van der Waals surface area (Å²) in [5.74, 6) is 7.17. The smallest absolute Gasteiger partial charge is 0.321 e. The Morgan fingerprint density at radius 2 is 1.86 bits per heavy atom. The molecular weight excluding hydrogens is 536 g/mol. The second-order valence-electron chi connectivity index (χ2n) is 10.2. The van der Waals surface area contributed by atoms with Crippen LogP contribution in [0.5, 0.6) is 17.4 Å². The molecule has 3 amide bonds. The summed E-state index contributed by atoms with van der Waals surface area (Å²) in [4.78, 5) is 34.3. The number of carbonyl (C=O) groups is 2. The fourth-order valence-electron chi connectivity index (χ4n) is 4.48. The molecule has 4 rings (SSSR count). The van der Waals surface area contributed by atoms with Crippen molar-refractivity contribution in [2.45, 2.75) is 26.0 Å². The monoisotopic (exact) mass is 572 g/mol. The second kappa shape index (κ2) is 13.7. The van der Waals surface area contributed by atoms with Crippen molar-refractivity contribution in [1.82, 2.24) is 14.8 Å². The van der Waals surface area contributed by atoms with E-state index in [1.807, 2.05) is 31.2 Å². The van der Waals surface area contributed by atoms with E-state index in [1.54, 1.807) is 69.6 Å². The van der Waals surface area contributed by atoms with Gasteiger partial charge in [-0.25, -0.2) is 9.78 Å². The van der Waals surface area contributed by atoms with E-state index in [4.69, 9.17) is 14.2 Å². The Morgan fingerprint density at radius 3 is 2.55 bits per heavy atom. The highest BCUT2D eigenvalue weighted by atomic mass is 16.5. The van der Waals surface area contributed by atoms with E-state index >= 15 is 0 Å². The Labute approximate surface area is 246 Å². The van der Waals surface area contributed by atoms with Gasteiger partial charge >= 0.3 is 6.03 Å². The molecule has 1 aromatic heterocycles. The van der Waals surface area contributed by atoms with Crippen LogP contribution in [0.4, 0.5) is 10.5 Å². The first-order valence-corrected chi connectivity index (χ1v) is 13.6. The SMILES string of the molecule is COc1ccc(C#Cc2cnc3c(c2)C(=O)N([C@@H](C)CO)C[C@@H](C)[C@@H](CN(C)C(=O)Nc2cccc(OC)c2)O3)cc1. The quantitative estimate of drug-likeness (QED) is 0.413. The van der Waals surface area contributed by atoms with Crippen molar-refractivity contribution in [3.05, 3.63) is 77.5 Å². The number of pyridine rings is 1. The molecule has 0 saturated heterocycles. The van der Waals surface area contributed by atoms with Crippen molar-refractivity contribution in [3.8, 4) is 29.2 Å². The average Bonchev–Trinajstić information content (AvgIpc) is 3.01. The van der Waals surface area contributed by atoms with Gasteiger partial charge in [-0.2, -0.15) is 0 Å².